The summed E-state index contributed by atoms with van der Waals surface area (Å²) in [6.07, 6.45) is -2.28. The number of alkyl halides is 1. The molecule has 16 heavy (non-hydrogen) atoms. The van der Waals surface area contributed by atoms with Gasteiger partial charge in [0, 0.05) is 5.57 Å². The minimum atomic E-state index is -4.06. The maximum absolute atomic E-state index is 13.3. The molecule has 0 aromatic rings. The highest BCUT2D eigenvalue weighted by Crippen LogP contribution is 2.14. The fraction of sp³-hybridized carbons (Fsp3) is 0.667. The van der Waals surface area contributed by atoms with E-state index in [0.717, 1.165) is 6.92 Å². The number of halogens is 1. The zero-order chi connectivity index (χ0) is 12.9. The number of ether oxygens (including phenoxy) is 1. The van der Waals surface area contributed by atoms with Gasteiger partial charge in [-0.05, 0) is 20.8 Å². The Labute approximate surface area is 94.4 Å². The molecule has 0 rings (SSSR count). The molecule has 2 atom stereocenters. The Kier molecular flexibility index (Phi) is 5.60. The minimum absolute atomic E-state index is 0.0105. The van der Waals surface area contributed by atoms with Gasteiger partial charge in [0.05, 0.1) is 6.61 Å². The minimum Gasteiger partial charge on any atom is -0.426 e. The maximum Gasteiger partial charge on any atom is 0.335 e. The molecule has 0 heterocycles. The van der Waals surface area contributed by atoms with E-state index in [2.05, 4.69) is 15.5 Å². The molecule has 0 spiro atoms. The van der Waals surface area contributed by atoms with Gasteiger partial charge in [-0.3, -0.25) is 4.18 Å². The summed E-state index contributed by atoms with van der Waals surface area (Å²) in [5, 5.41) is -1.57. The molecule has 0 aliphatic carbocycles. The van der Waals surface area contributed by atoms with Crippen LogP contribution in [0.15, 0.2) is 12.2 Å². The summed E-state index contributed by atoms with van der Waals surface area (Å²) in [5.41, 5.74) is -0.0105. The van der Waals surface area contributed by atoms with Crippen molar-refractivity contribution in [3.63, 3.8) is 0 Å². The fourth-order valence-electron chi connectivity index (χ4n) is 0.701. The van der Waals surface area contributed by atoms with Crippen molar-refractivity contribution in [1.29, 1.82) is 0 Å². The third kappa shape index (κ3) is 4.28. The molecule has 0 aliphatic rings. The summed E-state index contributed by atoms with van der Waals surface area (Å²) >= 11 is 0. The predicted octanol–water partition coefficient (Wildman–Crippen LogP) is 1.16. The van der Waals surface area contributed by atoms with Crippen molar-refractivity contribution >= 4 is 16.1 Å². The topological polar surface area (TPSA) is 69.7 Å². The third-order valence-electron chi connectivity index (χ3n) is 1.67. The number of hydrogen-bond donors (Lipinski definition) is 0. The Balaban J connectivity index is 4.56. The highest BCUT2D eigenvalue weighted by molar-refractivity contribution is 7.87. The molecular weight excluding hydrogens is 239 g/mol. The Hall–Kier alpha value is -0.950. The standard InChI is InChI=1S/C9H15FO5S/c1-5-14-16(12,13)7(4)8(10)15-9(11)6(2)3/h7-8H,2,5H2,1,3-4H3. The van der Waals surface area contributed by atoms with Crippen LogP contribution >= 0.6 is 0 Å². The molecule has 0 fully saturated rings. The second-order valence-electron chi connectivity index (χ2n) is 3.14. The van der Waals surface area contributed by atoms with E-state index in [1.165, 1.54) is 13.8 Å². The molecule has 0 radical (unpaired) electrons. The quantitative estimate of drug-likeness (QED) is 0.404. The van der Waals surface area contributed by atoms with E-state index in [1.807, 2.05) is 0 Å². The van der Waals surface area contributed by atoms with Crippen molar-refractivity contribution in [2.24, 2.45) is 0 Å². The lowest BCUT2D eigenvalue weighted by molar-refractivity contribution is -0.152. The van der Waals surface area contributed by atoms with E-state index in [-0.39, 0.29) is 12.2 Å². The van der Waals surface area contributed by atoms with Crippen LogP contribution in [0.4, 0.5) is 4.39 Å². The Morgan fingerprint density at radius 2 is 2.00 bits per heavy atom. The zero-order valence-electron chi connectivity index (χ0n) is 9.40. The Morgan fingerprint density at radius 3 is 2.38 bits per heavy atom. The molecule has 0 bridgehead atoms. The van der Waals surface area contributed by atoms with Crippen molar-refractivity contribution in [1.82, 2.24) is 0 Å². The first-order chi connectivity index (χ1) is 7.22. The Bertz CT molecular complexity index is 362. The molecule has 0 aromatic carbocycles. The number of carbonyl (C=O) groups excluding carboxylic acids is 1. The van der Waals surface area contributed by atoms with Gasteiger partial charge < -0.3 is 4.74 Å². The number of carbonyl (C=O) groups is 1. The smallest absolute Gasteiger partial charge is 0.335 e. The summed E-state index contributed by atoms with van der Waals surface area (Å²) in [5.74, 6) is -0.981. The van der Waals surface area contributed by atoms with Crippen molar-refractivity contribution in [2.45, 2.75) is 32.4 Å². The molecule has 0 aromatic heterocycles. The van der Waals surface area contributed by atoms with Gasteiger partial charge in [0.2, 0.25) is 0 Å². The predicted molar refractivity (Wildman–Crippen MR) is 55.8 cm³/mol. The van der Waals surface area contributed by atoms with Gasteiger partial charge in [-0.1, -0.05) is 6.58 Å². The maximum atomic E-state index is 13.3. The third-order valence-corrected chi connectivity index (χ3v) is 3.36. The van der Waals surface area contributed by atoms with E-state index < -0.39 is 27.7 Å². The molecule has 0 saturated heterocycles. The van der Waals surface area contributed by atoms with Crippen LogP contribution in [0.2, 0.25) is 0 Å². The lowest BCUT2D eigenvalue weighted by Gasteiger charge is -2.16. The van der Waals surface area contributed by atoms with E-state index >= 15 is 0 Å². The number of rotatable bonds is 6. The lowest BCUT2D eigenvalue weighted by atomic mass is 10.3. The summed E-state index contributed by atoms with van der Waals surface area (Å²) < 4.78 is 44.4. The van der Waals surface area contributed by atoms with E-state index in [1.54, 1.807) is 0 Å². The molecule has 0 amide bonds. The summed E-state index contributed by atoms with van der Waals surface area (Å²) in [6, 6.07) is 0. The monoisotopic (exact) mass is 254 g/mol. The SMILES string of the molecule is C=C(C)C(=O)OC(F)C(C)S(=O)(=O)OCC. The van der Waals surface area contributed by atoms with E-state index in [0.29, 0.717) is 0 Å². The van der Waals surface area contributed by atoms with Gasteiger partial charge in [0.25, 0.3) is 16.5 Å². The molecule has 0 aliphatic heterocycles. The second-order valence-corrected chi connectivity index (χ2v) is 5.11. The van der Waals surface area contributed by atoms with E-state index in [9.17, 15) is 17.6 Å². The van der Waals surface area contributed by atoms with E-state index in [4.69, 9.17) is 0 Å². The second kappa shape index (κ2) is 5.95. The largest absolute Gasteiger partial charge is 0.426 e. The van der Waals surface area contributed by atoms with Crippen LogP contribution in [0.5, 0.6) is 0 Å². The Morgan fingerprint density at radius 1 is 1.50 bits per heavy atom. The van der Waals surface area contributed by atoms with Gasteiger partial charge in [-0.25, -0.2) is 9.18 Å². The average Bonchev–Trinajstić information content (AvgIpc) is 2.16. The van der Waals surface area contributed by atoms with Crippen molar-refractivity contribution < 1.29 is 26.5 Å². The molecule has 94 valence electrons. The van der Waals surface area contributed by atoms with Crippen LogP contribution in [-0.4, -0.2) is 32.6 Å². The first-order valence-corrected chi connectivity index (χ1v) is 6.08. The van der Waals surface area contributed by atoms with Crippen LogP contribution in [0.25, 0.3) is 0 Å². The molecular formula is C9H15FO5S. The molecule has 0 saturated carbocycles. The van der Waals surface area contributed by atoms with Gasteiger partial charge in [0.1, 0.15) is 0 Å². The van der Waals surface area contributed by atoms with Crippen LogP contribution in [-0.2, 0) is 23.8 Å². The zero-order valence-corrected chi connectivity index (χ0v) is 10.2. The van der Waals surface area contributed by atoms with Crippen molar-refractivity contribution in [2.75, 3.05) is 6.61 Å². The van der Waals surface area contributed by atoms with Gasteiger partial charge in [-0.15, -0.1) is 0 Å². The molecule has 7 heteroatoms. The van der Waals surface area contributed by atoms with Crippen LogP contribution in [0.3, 0.4) is 0 Å². The highest BCUT2D eigenvalue weighted by atomic mass is 32.2. The summed E-state index contributed by atoms with van der Waals surface area (Å²) in [6.45, 7) is 6.98. The first kappa shape index (κ1) is 15.0. The van der Waals surface area contributed by atoms with Gasteiger partial charge in [-0.2, -0.15) is 8.42 Å². The summed E-state index contributed by atoms with van der Waals surface area (Å²) in [7, 11) is -4.06. The number of hydrogen-bond acceptors (Lipinski definition) is 5. The highest BCUT2D eigenvalue weighted by Gasteiger charge is 2.33. The van der Waals surface area contributed by atoms with Crippen molar-refractivity contribution in [3.05, 3.63) is 12.2 Å². The molecule has 0 N–H and O–H groups in total. The summed E-state index contributed by atoms with van der Waals surface area (Å²) in [4.78, 5) is 10.9. The number of esters is 1. The molecule has 2 unspecified atom stereocenters. The first-order valence-electron chi connectivity index (χ1n) is 4.61. The normalized spacial score (nSPS) is 15.2. The van der Waals surface area contributed by atoms with Crippen LogP contribution in [0, 0.1) is 0 Å². The molecule has 5 nitrogen and oxygen atoms in total. The van der Waals surface area contributed by atoms with Crippen LogP contribution in [0.1, 0.15) is 20.8 Å². The lowest BCUT2D eigenvalue weighted by Crippen LogP contribution is -2.33. The van der Waals surface area contributed by atoms with Gasteiger partial charge >= 0.3 is 5.97 Å². The van der Waals surface area contributed by atoms with Gasteiger partial charge in [0.15, 0.2) is 5.25 Å². The average molecular weight is 254 g/mol. The van der Waals surface area contributed by atoms with Crippen molar-refractivity contribution in [3.8, 4) is 0 Å². The van der Waals surface area contributed by atoms with Crippen LogP contribution < -0.4 is 0 Å². The fourth-order valence-corrected chi connectivity index (χ4v) is 1.56.